The van der Waals surface area contributed by atoms with Gasteiger partial charge in [0.05, 0.1) is 13.2 Å². The quantitative estimate of drug-likeness (QED) is 0.641. The molecule has 3 saturated heterocycles. The van der Waals surface area contributed by atoms with Crippen LogP contribution in [-0.2, 0) is 18.9 Å². The molecule has 3 aliphatic heterocycles. The Hall–Kier alpha value is -0.160. The van der Waals surface area contributed by atoms with Gasteiger partial charge in [0.25, 0.3) is 0 Å². The summed E-state index contributed by atoms with van der Waals surface area (Å²) in [5.41, 5.74) is 0.181. The highest BCUT2D eigenvalue weighted by atomic mass is 16.8. The molecule has 3 heterocycles. The molecule has 0 saturated carbocycles. The van der Waals surface area contributed by atoms with Crippen molar-refractivity contribution in [3.63, 3.8) is 0 Å². The molecule has 3 aliphatic rings. The zero-order chi connectivity index (χ0) is 10.6. The summed E-state index contributed by atoms with van der Waals surface area (Å²) in [5.74, 6) is 0. The molecule has 0 unspecified atom stereocenters. The van der Waals surface area contributed by atoms with E-state index in [1.807, 2.05) is 0 Å². The summed E-state index contributed by atoms with van der Waals surface area (Å²) >= 11 is 0. The highest BCUT2D eigenvalue weighted by molar-refractivity contribution is 5.04. The van der Waals surface area contributed by atoms with E-state index in [4.69, 9.17) is 18.9 Å². The third-order valence-electron chi connectivity index (χ3n) is 2.96. The average molecular weight is 214 g/mol. The van der Waals surface area contributed by atoms with Crippen LogP contribution in [0, 0.1) is 5.41 Å². The summed E-state index contributed by atoms with van der Waals surface area (Å²) in [6, 6.07) is 0. The van der Waals surface area contributed by atoms with Gasteiger partial charge in [-0.2, -0.15) is 0 Å². The molecule has 0 aromatic heterocycles. The van der Waals surface area contributed by atoms with E-state index in [1.165, 1.54) is 0 Å². The van der Waals surface area contributed by atoms with Crippen LogP contribution in [-0.4, -0.2) is 43.9 Å². The molecule has 0 aromatic carbocycles. The molecule has 0 radical (unpaired) electrons. The second-order valence-electron chi connectivity index (χ2n) is 5.78. The third kappa shape index (κ3) is 1.80. The van der Waals surface area contributed by atoms with Crippen LogP contribution in [0.25, 0.3) is 0 Å². The average Bonchev–Trinajstić information content (AvgIpc) is 2.80. The smallest absolute Gasteiger partial charge is 0.187 e. The van der Waals surface area contributed by atoms with Crippen LogP contribution in [0.2, 0.25) is 0 Å². The lowest BCUT2D eigenvalue weighted by Crippen LogP contribution is -2.43. The largest absolute Gasteiger partial charge is 0.372 e. The van der Waals surface area contributed by atoms with Crippen LogP contribution < -0.4 is 0 Å². The van der Waals surface area contributed by atoms with Crippen molar-refractivity contribution in [2.75, 3.05) is 13.2 Å². The Balaban J connectivity index is 1.61. The minimum absolute atomic E-state index is 0.0629. The molecule has 5 atom stereocenters. The monoisotopic (exact) mass is 214 g/mol. The number of hydrogen-bond acceptors (Lipinski definition) is 4. The van der Waals surface area contributed by atoms with Gasteiger partial charge in [-0.25, -0.2) is 0 Å². The molecule has 86 valence electrons. The summed E-state index contributed by atoms with van der Waals surface area (Å²) in [5, 5.41) is 0. The fraction of sp³-hybridized carbons (Fsp3) is 1.00. The lowest BCUT2D eigenvalue weighted by atomic mass is 9.98. The Morgan fingerprint density at radius 2 is 2.00 bits per heavy atom. The molecule has 0 spiro atoms. The van der Waals surface area contributed by atoms with Gasteiger partial charge in [-0.15, -0.1) is 0 Å². The first kappa shape index (κ1) is 10.0. The number of rotatable bonds is 2. The van der Waals surface area contributed by atoms with Gasteiger partial charge in [-0.3, -0.25) is 0 Å². The molecular weight excluding hydrogens is 196 g/mol. The van der Waals surface area contributed by atoms with E-state index in [1.54, 1.807) is 0 Å². The Morgan fingerprint density at radius 1 is 1.20 bits per heavy atom. The SMILES string of the molecule is CC(C)(C)CO[C@H]1[C@@H]2O[C@H]2[C@@H]2OC[C@H]1O2. The predicted octanol–water partition coefficient (Wildman–Crippen LogP) is 0.940. The highest BCUT2D eigenvalue weighted by Crippen LogP contribution is 2.43. The Kier molecular flexibility index (Phi) is 2.12. The Bertz CT molecular complexity index is 260. The molecule has 0 aliphatic carbocycles. The molecule has 0 aromatic rings. The highest BCUT2D eigenvalue weighted by Gasteiger charge is 2.62. The first-order valence-corrected chi connectivity index (χ1v) is 5.59. The molecule has 3 rings (SSSR count). The van der Waals surface area contributed by atoms with Crippen LogP contribution in [0.15, 0.2) is 0 Å². The fourth-order valence-corrected chi connectivity index (χ4v) is 2.16. The molecule has 4 nitrogen and oxygen atoms in total. The molecule has 0 N–H and O–H groups in total. The van der Waals surface area contributed by atoms with Crippen molar-refractivity contribution in [3.05, 3.63) is 0 Å². The van der Waals surface area contributed by atoms with Crippen LogP contribution in [0.5, 0.6) is 0 Å². The van der Waals surface area contributed by atoms with E-state index in [-0.39, 0.29) is 36.1 Å². The van der Waals surface area contributed by atoms with Gasteiger partial charge in [0.2, 0.25) is 0 Å². The van der Waals surface area contributed by atoms with Crippen molar-refractivity contribution in [1.29, 1.82) is 0 Å². The van der Waals surface area contributed by atoms with Gasteiger partial charge in [0.1, 0.15) is 24.4 Å². The molecule has 3 fully saturated rings. The van der Waals surface area contributed by atoms with E-state index in [0.717, 1.165) is 6.61 Å². The van der Waals surface area contributed by atoms with Crippen LogP contribution in [0.3, 0.4) is 0 Å². The molecule has 2 bridgehead atoms. The summed E-state index contributed by atoms with van der Waals surface area (Å²) in [4.78, 5) is 0. The van der Waals surface area contributed by atoms with Crippen molar-refractivity contribution in [3.8, 4) is 0 Å². The van der Waals surface area contributed by atoms with E-state index < -0.39 is 0 Å². The van der Waals surface area contributed by atoms with Crippen molar-refractivity contribution in [1.82, 2.24) is 0 Å². The van der Waals surface area contributed by atoms with Gasteiger partial charge in [0, 0.05) is 0 Å². The van der Waals surface area contributed by atoms with Crippen molar-refractivity contribution in [2.45, 2.75) is 51.5 Å². The van der Waals surface area contributed by atoms with Crippen LogP contribution >= 0.6 is 0 Å². The number of fused-ring (bicyclic) bond motifs is 4. The fourth-order valence-electron chi connectivity index (χ4n) is 2.16. The zero-order valence-corrected chi connectivity index (χ0v) is 9.43. The molecule has 4 heteroatoms. The summed E-state index contributed by atoms with van der Waals surface area (Å²) in [6.45, 7) is 7.87. The van der Waals surface area contributed by atoms with Crippen molar-refractivity contribution in [2.24, 2.45) is 5.41 Å². The Labute approximate surface area is 89.8 Å². The van der Waals surface area contributed by atoms with E-state index in [9.17, 15) is 0 Å². The lowest BCUT2D eigenvalue weighted by Gasteiger charge is -2.28. The summed E-state index contributed by atoms with van der Waals surface area (Å²) in [7, 11) is 0. The molecule has 15 heavy (non-hydrogen) atoms. The van der Waals surface area contributed by atoms with Crippen molar-refractivity contribution >= 4 is 0 Å². The zero-order valence-electron chi connectivity index (χ0n) is 9.43. The third-order valence-corrected chi connectivity index (χ3v) is 2.96. The number of hydrogen-bond donors (Lipinski definition) is 0. The maximum Gasteiger partial charge on any atom is 0.187 e. The lowest BCUT2D eigenvalue weighted by molar-refractivity contribution is -0.125. The second-order valence-corrected chi connectivity index (χ2v) is 5.78. The number of ether oxygens (including phenoxy) is 4. The Morgan fingerprint density at radius 3 is 2.73 bits per heavy atom. The minimum atomic E-state index is -0.130. The van der Waals surface area contributed by atoms with E-state index in [2.05, 4.69) is 20.8 Å². The number of epoxide rings is 1. The first-order chi connectivity index (χ1) is 7.04. The normalized spacial score (nSPS) is 47.8. The van der Waals surface area contributed by atoms with Crippen LogP contribution in [0.4, 0.5) is 0 Å². The minimum Gasteiger partial charge on any atom is -0.372 e. The van der Waals surface area contributed by atoms with Gasteiger partial charge in [0.15, 0.2) is 6.29 Å². The van der Waals surface area contributed by atoms with E-state index >= 15 is 0 Å². The molecule has 0 amide bonds. The van der Waals surface area contributed by atoms with Gasteiger partial charge in [-0.1, -0.05) is 20.8 Å². The van der Waals surface area contributed by atoms with Gasteiger partial charge in [-0.05, 0) is 5.41 Å². The summed E-state index contributed by atoms with van der Waals surface area (Å²) in [6.07, 6.45) is 0.330. The molecular formula is C11H18O4. The summed E-state index contributed by atoms with van der Waals surface area (Å²) < 4.78 is 22.5. The van der Waals surface area contributed by atoms with Gasteiger partial charge < -0.3 is 18.9 Å². The van der Waals surface area contributed by atoms with E-state index in [0.29, 0.717) is 6.61 Å². The standard InChI is InChI=1S/C11H18O4/c1-11(2,3)5-13-7-6-4-12-10(14-6)9-8(7)15-9/h6-10H,4-5H2,1-3H3/t6-,7-,8+,9-,10-/m1/s1. The maximum absolute atomic E-state index is 5.90. The van der Waals surface area contributed by atoms with Crippen LogP contribution in [0.1, 0.15) is 20.8 Å². The van der Waals surface area contributed by atoms with Crippen molar-refractivity contribution < 1.29 is 18.9 Å². The van der Waals surface area contributed by atoms with Gasteiger partial charge >= 0.3 is 0 Å². The maximum atomic E-state index is 5.90. The predicted molar refractivity (Wildman–Crippen MR) is 52.5 cm³/mol. The second kappa shape index (κ2) is 3.17. The first-order valence-electron chi connectivity index (χ1n) is 5.59. The topological polar surface area (TPSA) is 40.2 Å².